The van der Waals surface area contributed by atoms with Gasteiger partial charge in [-0.3, -0.25) is 0 Å². The molecular weight excluding hydrogens is 430 g/mol. The van der Waals surface area contributed by atoms with Crippen molar-refractivity contribution in [2.45, 2.75) is 32.9 Å². The lowest BCUT2D eigenvalue weighted by Gasteiger charge is -2.18. The fraction of sp³-hybridized carbons (Fsp3) is 0.292. The summed E-state index contributed by atoms with van der Waals surface area (Å²) in [5.74, 6) is 0.293. The van der Waals surface area contributed by atoms with Gasteiger partial charge in [0, 0.05) is 17.0 Å². The minimum atomic E-state index is -0.884. The molecule has 3 rings (SSSR count). The topological polar surface area (TPSA) is 94.8 Å². The van der Waals surface area contributed by atoms with Crippen LogP contribution in [0, 0.1) is 13.8 Å². The van der Waals surface area contributed by atoms with Gasteiger partial charge in [0.15, 0.2) is 0 Å². The monoisotopic (exact) mass is 455 g/mol. The predicted molar refractivity (Wildman–Crippen MR) is 124 cm³/mol. The van der Waals surface area contributed by atoms with Gasteiger partial charge in [-0.05, 0) is 55.5 Å². The molecule has 0 aliphatic rings. The van der Waals surface area contributed by atoms with Crippen LogP contribution in [0.1, 0.15) is 23.1 Å². The average molecular weight is 456 g/mol. The summed E-state index contributed by atoms with van der Waals surface area (Å²) >= 11 is 1.55. The van der Waals surface area contributed by atoms with Crippen LogP contribution in [-0.4, -0.2) is 30.1 Å². The highest BCUT2D eigenvalue weighted by atomic mass is 32.2. The van der Waals surface area contributed by atoms with E-state index in [2.05, 4.69) is 5.32 Å². The fourth-order valence-corrected chi connectivity index (χ4v) is 3.65. The highest BCUT2D eigenvalue weighted by Gasteiger charge is 2.24. The molecule has 168 valence electrons. The van der Waals surface area contributed by atoms with Crippen molar-refractivity contribution in [3.05, 3.63) is 75.6 Å². The standard InChI is InChI=1S/C24H25NO6S/c1-15-13-21(26)31-22-16(2)20(10-9-18(15)22)30-23(27)19(11-12-32-3)25-24(28)29-14-17-7-5-4-6-8-17/h4-10,13,19H,11-12,14H2,1-3H3,(H,25,28). The molecular formula is C24H25NO6S. The van der Waals surface area contributed by atoms with Gasteiger partial charge in [-0.2, -0.15) is 11.8 Å². The van der Waals surface area contributed by atoms with E-state index >= 15 is 0 Å². The Morgan fingerprint density at radius 2 is 1.88 bits per heavy atom. The number of ether oxygens (including phenoxy) is 2. The molecule has 0 aliphatic carbocycles. The SMILES string of the molecule is CSCCC(NC(=O)OCc1ccccc1)C(=O)Oc1ccc2c(C)cc(=O)oc2c1C. The molecule has 1 amide bonds. The molecule has 7 nitrogen and oxygen atoms in total. The third-order valence-corrected chi connectivity index (χ3v) is 5.57. The third-order valence-electron chi connectivity index (χ3n) is 4.93. The molecule has 0 aliphatic heterocycles. The Hall–Kier alpha value is -3.26. The molecule has 0 saturated carbocycles. The second-order valence-electron chi connectivity index (χ2n) is 7.28. The van der Waals surface area contributed by atoms with E-state index in [4.69, 9.17) is 13.9 Å². The van der Waals surface area contributed by atoms with Crippen molar-refractivity contribution in [3.63, 3.8) is 0 Å². The summed E-state index contributed by atoms with van der Waals surface area (Å²) in [6, 6.07) is 13.2. The number of aryl methyl sites for hydroxylation is 2. The van der Waals surface area contributed by atoms with Gasteiger partial charge in [-0.1, -0.05) is 30.3 Å². The lowest BCUT2D eigenvalue weighted by atomic mass is 10.1. The predicted octanol–water partition coefficient (Wildman–Crippen LogP) is 4.36. The van der Waals surface area contributed by atoms with E-state index in [0.717, 1.165) is 16.5 Å². The smallest absolute Gasteiger partial charge is 0.408 e. The van der Waals surface area contributed by atoms with Crippen LogP contribution in [0.5, 0.6) is 5.75 Å². The van der Waals surface area contributed by atoms with Gasteiger partial charge in [0.05, 0.1) is 0 Å². The average Bonchev–Trinajstić information content (AvgIpc) is 2.78. The van der Waals surface area contributed by atoms with Crippen molar-refractivity contribution < 1.29 is 23.5 Å². The number of nitrogens with one attached hydrogen (secondary N) is 1. The first-order valence-corrected chi connectivity index (χ1v) is 11.5. The Balaban J connectivity index is 1.72. The fourth-order valence-electron chi connectivity index (χ4n) is 3.18. The Morgan fingerprint density at radius 3 is 2.59 bits per heavy atom. The number of hydrogen-bond donors (Lipinski definition) is 1. The van der Waals surface area contributed by atoms with Crippen molar-refractivity contribution in [2.24, 2.45) is 0 Å². The Kier molecular flexibility index (Phi) is 7.94. The lowest BCUT2D eigenvalue weighted by molar-refractivity contribution is -0.136. The van der Waals surface area contributed by atoms with Crippen LogP contribution in [0.3, 0.4) is 0 Å². The van der Waals surface area contributed by atoms with Crippen LogP contribution in [0.4, 0.5) is 4.79 Å². The van der Waals surface area contributed by atoms with Crippen molar-refractivity contribution in [1.82, 2.24) is 5.32 Å². The molecule has 0 saturated heterocycles. The number of alkyl carbamates (subject to hydrolysis) is 1. The van der Waals surface area contributed by atoms with Crippen LogP contribution in [-0.2, 0) is 16.1 Å². The first-order valence-electron chi connectivity index (χ1n) is 10.1. The van der Waals surface area contributed by atoms with E-state index in [9.17, 15) is 14.4 Å². The molecule has 1 heterocycles. The van der Waals surface area contributed by atoms with E-state index in [0.29, 0.717) is 23.3 Å². The number of esters is 1. The molecule has 0 fully saturated rings. The molecule has 1 atom stereocenters. The zero-order valence-corrected chi connectivity index (χ0v) is 19.0. The van der Waals surface area contributed by atoms with E-state index in [-0.39, 0.29) is 12.4 Å². The first-order chi connectivity index (χ1) is 15.4. The normalized spacial score (nSPS) is 11.7. The number of fused-ring (bicyclic) bond motifs is 1. The maximum atomic E-state index is 12.9. The number of thioether (sulfide) groups is 1. The van der Waals surface area contributed by atoms with E-state index in [1.54, 1.807) is 30.8 Å². The van der Waals surface area contributed by atoms with Crippen LogP contribution < -0.4 is 15.7 Å². The molecule has 2 aromatic carbocycles. The van der Waals surface area contributed by atoms with Crippen LogP contribution in [0.25, 0.3) is 11.0 Å². The summed E-state index contributed by atoms with van der Waals surface area (Å²) in [5.41, 5.74) is 2.05. The zero-order chi connectivity index (χ0) is 23.1. The molecule has 0 bridgehead atoms. The molecule has 0 spiro atoms. The number of benzene rings is 2. The highest BCUT2D eigenvalue weighted by molar-refractivity contribution is 7.98. The summed E-state index contributed by atoms with van der Waals surface area (Å²) in [4.78, 5) is 36.9. The quantitative estimate of drug-likeness (QED) is 0.306. The first kappa shape index (κ1) is 23.4. The van der Waals surface area contributed by atoms with Crippen LogP contribution in [0.15, 0.2) is 57.7 Å². The number of amides is 1. The van der Waals surface area contributed by atoms with Gasteiger partial charge in [-0.15, -0.1) is 0 Å². The molecule has 32 heavy (non-hydrogen) atoms. The summed E-state index contributed by atoms with van der Waals surface area (Å²) in [5, 5.41) is 3.36. The molecule has 1 unspecified atom stereocenters. The number of carbonyl (C=O) groups is 2. The van der Waals surface area contributed by atoms with E-state index in [1.807, 2.05) is 43.5 Å². The second kappa shape index (κ2) is 10.9. The molecule has 0 radical (unpaired) electrons. The van der Waals surface area contributed by atoms with Crippen LogP contribution >= 0.6 is 11.8 Å². The van der Waals surface area contributed by atoms with Gasteiger partial charge in [0.25, 0.3) is 0 Å². The van der Waals surface area contributed by atoms with Gasteiger partial charge in [0.1, 0.15) is 24.0 Å². The van der Waals surface area contributed by atoms with Crippen molar-refractivity contribution in [2.75, 3.05) is 12.0 Å². The number of rotatable bonds is 8. The summed E-state index contributed by atoms with van der Waals surface area (Å²) in [6.07, 6.45) is 1.59. The summed E-state index contributed by atoms with van der Waals surface area (Å²) in [7, 11) is 0. The Labute approximate surface area is 190 Å². The Bertz CT molecular complexity index is 1160. The molecule has 8 heteroatoms. The molecule has 1 aromatic heterocycles. The second-order valence-corrected chi connectivity index (χ2v) is 8.26. The largest absolute Gasteiger partial charge is 0.445 e. The van der Waals surface area contributed by atoms with Crippen molar-refractivity contribution >= 4 is 34.8 Å². The van der Waals surface area contributed by atoms with Crippen molar-refractivity contribution in [1.29, 1.82) is 0 Å². The third kappa shape index (κ3) is 5.91. The van der Waals surface area contributed by atoms with Crippen LogP contribution in [0.2, 0.25) is 0 Å². The maximum absolute atomic E-state index is 12.9. The van der Waals surface area contributed by atoms with Crippen molar-refractivity contribution in [3.8, 4) is 5.75 Å². The number of hydrogen-bond acceptors (Lipinski definition) is 7. The lowest BCUT2D eigenvalue weighted by Crippen LogP contribution is -2.43. The van der Waals surface area contributed by atoms with Gasteiger partial charge < -0.3 is 19.2 Å². The maximum Gasteiger partial charge on any atom is 0.408 e. The Morgan fingerprint density at radius 1 is 1.12 bits per heavy atom. The summed E-state index contributed by atoms with van der Waals surface area (Å²) in [6.45, 7) is 3.62. The molecule has 1 N–H and O–H groups in total. The highest BCUT2D eigenvalue weighted by Crippen LogP contribution is 2.28. The minimum Gasteiger partial charge on any atom is -0.445 e. The summed E-state index contributed by atoms with van der Waals surface area (Å²) < 4.78 is 16.1. The zero-order valence-electron chi connectivity index (χ0n) is 18.2. The van der Waals surface area contributed by atoms with E-state index < -0.39 is 23.7 Å². The molecule has 3 aromatic rings. The van der Waals surface area contributed by atoms with E-state index in [1.165, 1.54) is 6.07 Å². The van der Waals surface area contributed by atoms with Gasteiger partial charge in [0.2, 0.25) is 0 Å². The van der Waals surface area contributed by atoms with Gasteiger partial charge in [-0.25, -0.2) is 14.4 Å². The van der Waals surface area contributed by atoms with Gasteiger partial charge >= 0.3 is 17.7 Å². The minimum absolute atomic E-state index is 0.0964. The number of carbonyl (C=O) groups excluding carboxylic acids is 2.